The van der Waals surface area contributed by atoms with Crippen molar-refractivity contribution in [3.63, 3.8) is 0 Å². The van der Waals surface area contributed by atoms with E-state index < -0.39 is 0 Å². The topological polar surface area (TPSA) is 42.1 Å². The van der Waals surface area contributed by atoms with Crippen molar-refractivity contribution < 1.29 is 9.53 Å². The smallest absolute Gasteiger partial charge is 0.187 e. The first kappa shape index (κ1) is 11.5. The number of aromatic nitrogens is 1. The summed E-state index contributed by atoms with van der Waals surface area (Å²) in [6.07, 6.45) is 3.99. The molecule has 0 atom stereocenters. The zero-order valence-electron chi connectivity index (χ0n) is 9.82. The quantitative estimate of drug-likeness (QED) is 0.631. The van der Waals surface area contributed by atoms with E-state index in [-0.39, 0.29) is 5.78 Å². The van der Waals surface area contributed by atoms with Crippen molar-refractivity contribution in [2.75, 3.05) is 6.61 Å². The average molecular weight is 229 g/mol. The van der Waals surface area contributed by atoms with Crippen LogP contribution >= 0.6 is 0 Å². The van der Waals surface area contributed by atoms with Gasteiger partial charge in [-0.2, -0.15) is 0 Å². The number of fused-ring (bicyclic) bond motifs is 1. The van der Waals surface area contributed by atoms with Crippen molar-refractivity contribution >= 4 is 16.7 Å². The molecule has 0 radical (unpaired) electrons. The van der Waals surface area contributed by atoms with Gasteiger partial charge in [0.1, 0.15) is 5.75 Å². The molecule has 0 aliphatic rings. The van der Waals surface area contributed by atoms with Gasteiger partial charge in [-0.1, -0.05) is 13.5 Å². The molecule has 1 heterocycles. The fraction of sp³-hybridized carbons (Fsp3) is 0.214. The van der Waals surface area contributed by atoms with Gasteiger partial charge in [-0.15, -0.1) is 0 Å². The van der Waals surface area contributed by atoms with Gasteiger partial charge < -0.3 is 9.72 Å². The van der Waals surface area contributed by atoms with Crippen LogP contribution < -0.4 is 4.74 Å². The molecule has 1 aromatic heterocycles. The molecule has 0 saturated carbocycles. The van der Waals surface area contributed by atoms with E-state index in [1.54, 1.807) is 6.20 Å². The van der Waals surface area contributed by atoms with Crippen LogP contribution in [0.1, 0.15) is 23.7 Å². The van der Waals surface area contributed by atoms with Gasteiger partial charge >= 0.3 is 0 Å². The molecule has 0 unspecified atom stereocenters. The lowest BCUT2D eigenvalue weighted by Gasteiger charge is -2.04. The van der Waals surface area contributed by atoms with Gasteiger partial charge in [0.25, 0.3) is 0 Å². The summed E-state index contributed by atoms with van der Waals surface area (Å²) in [5.74, 6) is 0.709. The first-order chi connectivity index (χ1) is 8.26. The van der Waals surface area contributed by atoms with Crippen LogP contribution in [0.5, 0.6) is 5.75 Å². The highest BCUT2D eigenvalue weighted by Crippen LogP contribution is 2.24. The zero-order valence-corrected chi connectivity index (χ0v) is 9.82. The Morgan fingerprint density at radius 3 is 3.06 bits per heavy atom. The largest absolute Gasteiger partial charge is 0.494 e. The monoisotopic (exact) mass is 229 g/mol. The maximum absolute atomic E-state index is 11.6. The molecule has 3 heteroatoms. The van der Waals surface area contributed by atoms with E-state index >= 15 is 0 Å². The minimum atomic E-state index is -0.0797. The van der Waals surface area contributed by atoms with Gasteiger partial charge in [-0.05, 0) is 30.7 Å². The Bertz CT molecular complexity index is 554. The van der Waals surface area contributed by atoms with Crippen molar-refractivity contribution in [1.29, 1.82) is 0 Å². The van der Waals surface area contributed by atoms with Gasteiger partial charge in [0, 0.05) is 22.7 Å². The second kappa shape index (κ2) is 4.87. The van der Waals surface area contributed by atoms with Crippen LogP contribution in [-0.2, 0) is 0 Å². The second-order valence-corrected chi connectivity index (χ2v) is 3.83. The number of benzene rings is 1. The van der Waals surface area contributed by atoms with Gasteiger partial charge in [0.2, 0.25) is 0 Å². The number of carbonyl (C=O) groups is 1. The average Bonchev–Trinajstić information content (AvgIpc) is 2.78. The third kappa shape index (κ3) is 2.23. The van der Waals surface area contributed by atoms with Gasteiger partial charge in [-0.3, -0.25) is 4.79 Å². The number of H-pyrrole nitrogens is 1. The summed E-state index contributed by atoms with van der Waals surface area (Å²) in [4.78, 5) is 14.7. The number of nitrogens with one attached hydrogen (secondary N) is 1. The number of carbonyl (C=O) groups excluding carboxylic acids is 1. The highest BCUT2D eigenvalue weighted by atomic mass is 16.5. The Labute approximate surface area is 100 Å². The van der Waals surface area contributed by atoms with E-state index in [0.717, 1.165) is 23.1 Å². The number of ketones is 1. The van der Waals surface area contributed by atoms with Crippen molar-refractivity contribution in [3.8, 4) is 5.75 Å². The van der Waals surface area contributed by atoms with E-state index in [2.05, 4.69) is 18.5 Å². The minimum Gasteiger partial charge on any atom is -0.494 e. The summed E-state index contributed by atoms with van der Waals surface area (Å²) in [6.45, 7) is 6.24. The van der Waals surface area contributed by atoms with E-state index in [9.17, 15) is 4.79 Å². The maximum Gasteiger partial charge on any atom is 0.187 e. The van der Waals surface area contributed by atoms with Crippen LogP contribution in [0.2, 0.25) is 0 Å². The molecule has 0 spiro atoms. The highest BCUT2D eigenvalue weighted by Gasteiger charge is 2.09. The lowest BCUT2D eigenvalue weighted by atomic mass is 10.1. The number of ether oxygens (including phenoxy) is 1. The molecule has 1 N–H and O–H groups in total. The molecular weight excluding hydrogens is 214 g/mol. The van der Waals surface area contributed by atoms with E-state index in [0.29, 0.717) is 12.2 Å². The van der Waals surface area contributed by atoms with Crippen LogP contribution in [0.3, 0.4) is 0 Å². The maximum atomic E-state index is 11.6. The summed E-state index contributed by atoms with van der Waals surface area (Å²) in [5.41, 5.74) is 1.57. The summed E-state index contributed by atoms with van der Waals surface area (Å²) in [6, 6.07) is 5.70. The summed E-state index contributed by atoms with van der Waals surface area (Å²) >= 11 is 0. The predicted octanol–water partition coefficient (Wildman–Crippen LogP) is 3.33. The predicted molar refractivity (Wildman–Crippen MR) is 68.6 cm³/mol. The molecule has 88 valence electrons. The fourth-order valence-electron chi connectivity index (χ4n) is 1.72. The molecule has 0 aliphatic heterocycles. The van der Waals surface area contributed by atoms with Crippen molar-refractivity contribution in [2.24, 2.45) is 0 Å². The van der Waals surface area contributed by atoms with Gasteiger partial charge in [0.15, 0.2) is 5.78 Å². The van der Waals surface area contributed by atoms with E-state index in [1.165, 1.54) is 6.08 Å². The summed E-state index contributed by atoms with van der Waals surface area (Å²) in [5, 5.41) is 0.878. The third-order valence-corrected chi connectivity index (χ3v) is 2.58. The molecule has 1 aromatic carbocycles. The van der Waals surface area contributed by atoms with Crippen LogP contribution in [0.25, 0.3) is 10.9 Å². The van der Waals surface area contributed by atoms with Crippen molar-refractivity contribution in [3.05, 3.63) is 42.6 Å². The van der Waals surface area contributed by atoms with Crippen molar-refractivity contribution in [2.45, 2.75) is 13.3 Å². The van der Waals surface area contributed by atoms with E-state index in [1.807, 2.05) is 18.2 Å². The Morgan fingerprint density at radius 1 is 1.53 bits per heavy atom. The molecule has 2 aromatic rings. The SMILES string of the molecule is C=CC(=O)c1c[nH]c2ccc(OCCC)cc12. The van der Waals surface area contributed by atoms with Crippen LogP contribution in [0.4, 0.5) is 0 Å². The lowest BCUT2D eigenvalue weighted by Crippen LogP contribution is -1.95. The van der Waals surface area contributed by atoms with Gasteiger partial charge in [-0.25, -0.2) is 0 Å². The summed E-state index contributed by atoms with van der Waals surface area (Å²) < 4.78 is 5.55. The van der Waals surface area contributed by atoms with Crippen molar-refractivity contribution in [1.82, 2.24) is 4.98 Å². The van der Waals surface area contributed by atoms with Gasteiger partial charge in [0.05, 0.1) is 6.61 Å². The van der Waals surface area contributed by atoms with Crippen LogP contribution in [-0.4, -0.2) is 17.4 Å². The normalized spacial score (nSPS) is 10.4. The lowest BCUT2D eigenvalue weighted by molar-refractivity contribution is 0.104. The Kier molecular flexibility index (Phi) is 3.28. The minimum absolute atomic E-state index is 0.0797. The number of hydrogen-bond acceptors (Lipinski definition) is 2. The summed E-state index contributed by atoms with van der Waals surface area (Å²) in [7, 11) is 0. The molecule has 0 aliphatic carbocycles. The molecule has 2 rings (SSSR count). The molecule has 3 nitrogen and oxygen atoms in total. The van der Waals surface area contributed by atoms with Crippen LogP contribution in [0.15, 0.2) is 37.1 Å². The first-order valence-electron chi connectivity index (χ1n) is 5.67. The highest BCUT2D eigenvalue weighted by molar-refractivity contribution is 6.13. The standard InChI is InChI=1S/C14H15NO2/c1-3-7-17-10-5-6-13-11(8-10)12(9-15-13)14(16)4-2/h4-6,8-9,15H,2-3,7H2,1H3. The number of hydrogen-bond donors (Lipinski definition) is 1. The molecule has 0 saturated heterocycles. The fourth-order valence-corrected chi connectivity index (χ4v) is 1.72. The second-order valence-electron chi connectivity index (χ2n) is 3.83. The number of rotatable bonds is 5. The third-order valence-electron chi connectivity index (χ3n) is 2.58. The van der Waals surface area contributed by atoms with Crippen LogP contribution in [0, 0.1) is 0 Å². The Morgan fingerprint density at radius 2 is 2.35 bits per heavy atom. The number of aromatic amines is 1. The molecule has 0 amide bonds. The Balaban J connectivity index is 2.42. The molecule has 0 bridgehead atoms. The first-order valence-corrected chi connectivity index (χ1v) is 5.67. The number of allylic oxidation sites excluding steroid dienone is 1. The molecule has 0 fully saturated rings. The molecule has 17 heavy (non-hydrogen) atoms. The van der Waals surface area contributed by atoms with E-state index in [4.69, 9.17) is 4.74 Å². The molecular formula is C14H15NO2. The zero-order chi connectivity index (χ0) is 12.3. The Hall–Kier alpha value is -2.03.